The van der Waals surface area contributed by atoms with E-state index in [1.54, 1.807) is 10.9 Å². The highest BCUT2D eigenvalue weighted by Crippen LogP contribution is 2.39. The summed E-state index contributed by atoms with van der Waals surface area (Å²) in [7, 11) is 1.86. The average Bonchev–Trinajstić information content (AvgIpc) is 3.66. The van der Waals surface area contributed by atoms with Crippen LogP contribution < -0.4 is 10.1 Å². The van der Waals surface area contributed by atoms with Gasteiger partial charge in [0.1, 0.15) is 11.4 Å². The lowest BCUT2D eigenvalue weighted by atomic mass is 9.87. The summed E-state index contributed by atoms with van der Waals surface area (Å²) >= 11 is 0. The molecule has 2 aliphatic rings. The average molecular weight is 478 g/mol. The van der Waals surface area contributed by atoms with Gasteiger partial charge < -0.3 is 15.2 Å². The summed E-state index contributed by atoms with van der Waals surface area (Å²) in [6.07, 6.45) is 7.73. The van der Waals surface area contributed by atoms with Gasteiger partial charge in [0.05, 0.1) is 35.6 Å². The van der Waals surface area contributed by atoms with Gasteiger partial charge in [0.25, 0.3) is 0 Å². The molecular formula is C25H31N7O3. The van der Waals surface area contributed by atoms with E-state index in [9.17, 15) is 9.90 Å². The molecule has 2 aliphatic carbocycles. The Morgan fingerprint density at radius 3 is 2.83 bits per heavy atom. The Bertz CT molecular complexity index is 1210. The van der Waals surface area contributed by atoms with Crippen molar-refractivity contribution in [1.29, 1.82) is 0 Å². The van der Waals surface area contributed by atoms with Gasteiger partial charge >= 0.3 is 5.97 Å². The third-order valence-corrected chi connectivity index (χ3v) is 6.81. The van der Waals surface area contributed by atoms with Gasteiger partial charge in [-0.3, -0.25) is 4.79 Å². The second-order valence-electron chi connectivity index (χ2n) is 9.38. The monoisotopic (exact) mass is 477 g/mol. The molecule has 0 bridgehead atoms. The molecule has 2 atom stereocenters. The Kier molecular flexibility index (Phi) is 6.61. The summed E-state index contributed by atoms with van der Waals surface area (Å²) in [5.74, 6) is 0.792. The van der Waals surface area contributed by atoms with Crippen LogP contribution in [0.15, 0.2) is 24.4 Å². The van der Waals surface area contributed by atoms with Gasteiger partial charge in [-0.05, 0) is 63.1 Å². The van der Waals surface area contributed by atoms with Crippen LogP contribution in [0.4, 0.5) is 5.95 Å². The largest absolute Gasteiger partial charge is 0.488 e. The molecule has 0 aromatic carbocycles. The van der Waals surface area contributed by atoms with E-state index < -0.39 is 5.97 Å². The lowest BCUT2D eigenvalue weighted by Gasteiger charge is -2.28. The molecule has 3 heterocycles. The molecule has 0 unspecified atom stereocenters. The lowest BCUT2D eigenvalue weighted by Crippen LogP contribution is -2.29. The molecule has 0 radical (unpaired) electrons. The van der Waals surface area contributed by atoms with E-state index in [-0.39, 0.29) is 12.0 Å². The van der Waals surface area contributed by atoms with Gasteiger partial charge in [0, 0.05) is 24.9 Å². The molecule has 10 nitrogen and oxygen atoms in total. The topological polar surface area (TPSA) is 128 Å². The van der Waals surface area contributed by atoms with E-state index in [4.69, 9.17) is 9.72 Å². The molecule has 0 amide bonds. The quantitative estimate of drug-likeness (QED) is 0.473. The van der Waals surface area contributed by atoms with Crippen molar-refractivity contribution in [3.8, 4) is 17.1 Å². The van der Waals surface area contributed by atoms with Crippen molar-refractivity contribution in [3.63, 3.8) is 0 Å². The summed E-state index contributed by atoms with van der Waals surface area (Å²) in [6.45, 7) is 2.50. The summed E-state index contributed by atoms with van der Waals surface area (Å²) in [4.78, 5) is 25.2. The first-order valence-corrected chi connectivity index (χ1v) is 12.4. The van der Waals surface area contributed by atoms with Crippen LogP contribution in [0.1, 0.15) is 68.4 Å². The predicted octanol–water partition coefficient (Wildman–Crippen LogP) is 3.74. The number of aliphatic carboxylic acids is 1. The number of nitrogens with one attached hydrogen (secondary N) is 1. The predicted molar refractivity (Wildman–Crippen MR) is 129 cm³/mol. The summed E-state index contributed by atoms with van der Waals surface area (Å²) < 4.78 is 7.96. The van der Waals surface area contributed by atoms with E-state index >= 15 is 0 Å². The van der Waals surface area contributed by atoms with Crippen LogP contribution in [-0.4, -0.2) is 47.1 Å². The number of pyridine rings is 1. The maximum Gasteiger partial charge on any atom is 0.306 e. The fourth-order valence-electron chi connectivity index (χ4n) is 4.64. The number of carbonyl (C=O) groups is 1. The standard InChI is InChI=1S/C25H31N7O3/c1-3-18-22(35-17-6-4-5-16(13-17)24(33)34)10-9-20(28-18)23-21(32(2)31-30-23)14-27-25-26-12-11-19(29-25)15-7-8-15/h9-12,15-17H,3-8,13-14H2,1-2H3,(H,33,34)(H,26,27,29)/t16-,17-/m0/s1. The number of anilines is 1. The molecule has 0 aliphatic heterocycles. The van der Waals surface area contributed by atoms with Crippen LogP contribution in [0.2, 0.25) is 0 Å². The smallest absolute Gasteiger partial charge is 0.306 e. The van der Waals surface area contributed by atoms with Crippen molar-refractivity contribution >= 4 is 11.9 Å². The molecule has 5 rings (SSSR count). The maximum atomic E-state index is 11.4. The lowest BCUT2D eigenvalue weighted by molar-refractivity contribution is -0.143. The van der Waals surface area contributed by atoms with Crippen molar-refractivity contribution < 1.29 is 14.6 Å². The van der Waals surface area contributed by atoms with E-state index in [1.807, 2.05) is 32.2 Å². The number of aryl methyl sites for hydroxylation is 2. The summed E-state index contributed by atoms with van der Waals surface area (Å²) in [5, 5.41) is 21.3. The van der Waals surface area contributed by atoms with Crippen molar-refractivity contribution in [1.82, 2.24) is 29.9 Å². The first kappa shape index (κ1) is 23.2. The molecular weight excluding hydrogens is 446 g/mol. The van der Waals surface area contributed by atoms with E-state index in [0.717, 1.165) is 35.6 Å². The number of hydrogen-bond donors (Lipinski definition) is 2. The van der Waals surface area contributed by atoms with Gasteiger partial charge in [0.15, 0.2) is 0 Å². The minimum absolute atomic E-state index is 0.106. The Morgan fingerprint density at radius 2 is 2.06 bits per heavy atom. The van der Waals surface area contributed by atoms with Gasteiger partial charge in [-0.2, -0.15) is 0 Å². The second kappa shape index (κ2) is 9.97. The molecule has 184 valence electrons. The normalized spacial score (nSPS) is 19.9. The molecule has 35 heavy (non-hydrogen) atoms. The SMILES string of the molecule is CCc1nc(-c2nnn(C)c2CNc2nccc(C3CC3)n2)ccc1O[C@H]1CCC[C@H](C(=O)O)C1. The zero-order chi connectivity index (χ0) is 24.4. The van der Waals surface area contributed by atoms with Gasteiger partial charge in [-0.1, -0.05) is 12.1 Å². The van der Waals surface area contributed by atoms with Crippen molar-refractivity contribution in [2.45, 2.75) is 70.4 Å². The summed E-state index contributed by atoms with van der Waals surface area (Å²) in [5.41, 5.74) is 4.21. The number of nitrogens with zero attached hydrogens (tertiary/aromatic N) is 6. The highest BCUT2D eigenvalue weighted by atomic mass is 16.5. The maximum absolute atomic E-state index is 11.4. The molecule has 0 saturated heterocycles. The fraction of sp³-hybridized carbons (Fsp3) is 0.520. The Balaban J connectivity index is 1.32. The molecule has 3 aromatic rings. The Hall–Kier alpha value is -3.56. The molecule has 2 N–H and O–H groups in total. The van der Waals surface area contributed by atoms with E-state index in [1.165, 1.54) is 12.8 Å². The molecule has 0 spiro atoms. The number of rotatable bonds is 9. The first-order chi connectivity index (χ1) is 17.0. The van der Waals surface area contributed by atoms with Crippen molar-refractivity contribution in [2.75, 3.05) is 5.32 Å². The van der Waals surface area contributed by atoms with Gasteiger partial charge in [0.2, 0.25) is 5.95 Å². The number of aromatic nitrogens is 6. The highest BCUT2D eigenvalue weighted by molar-refractivity contribution is 5.70. The van der Waals surface area contributed by atoms with Gasteiger partial charge in [-0.25, -0.2) is 19.6 Å². The molecule has 2 saturated carbocycles. The molecule has 2 fully saturated rings. The van der Waals surface area contributed by atoms with Crippen LogP contribution in [0, 0.1) is 5.92 Å². The van der Waals surface area contributed by atoms with Crippen LogP contribution in [0.5, 0.6) is 5.75 Å². The van der Waals surface area contributed by atoms with Crippen LogP contribution in [0.25, 0.3) is 11.4 Å². The van der Waals surface area contributed by atoms with E-state index in [2.05, 4.69) is 25.6 Å². The number of ether oxygens (including phenoxy) is 1. The van der Waals surface area contributed by atoms with Crippen molar-refractivity contribution in [2.24, 2.45) is 13.0 Å². The molecule has 10 heteroatoms. The minimum Gasteiger partial charge on any atom is -0.488 e. The Labute approximate surface area is 204 Å². The number of carboxylic acid groups (broad SMARTS) is 1. The molecule has 3 aromatic heterocycles. The third kappa shape index (κ3) is 5.26. The fourth-order valence-corrected chi connectivity index (χ4v) is 4.64. The van der Waals surface area contributed by atoms with Crippen molar-refractivity contribution in [3.05, 3.63) is 41.5 Å². The third-order valence-electron chi connectivity index (χ3n) is 6.81. The minimum atomic E-state index is -0.740. The first-order valence-electron chi connectivity index (χ1n) is 12.4. The van der Waals surface area contributed by atoms with E-state index in [0.29, 0.717) is 49.1 Å². The number of carboxylic acids is 1. The number of hydrogen-bond acceptors (Lipinski definition) is 8. The Morgan fingerprint density at radius 1 is 1.20 bits per heavy atom. The zero-order valence-electron chi connectivity index (χ0n) is 20.1. The highest BCUT2D eigenvalue weighted by Gasteiger charge is 2.29. The van der Waals surface area contributed by atoms with Gasteiger partial charge in [-0.15, -0.1) is 5.10 Å². The van der Waals surface area contributed by atoms with Crippen LogP contribution in [-0.2, 0) is 24.8 Å². The zero-order valence-corrected chi connectivity index (χ0v) is 20.1. The van der Waals surface area contributed by atoms with Crippen LogP contribution in [0.3, 0.4) is 0 Å². The summed E-state index contributed by atoms with van der Waals surface area (Å²) in [6, 6.07) is 5.79. The second-order valence-corrected chi connectivity index (χ2v) is 9.38. The van der Waals surface area contributed by atoms with Crippen LogP contribution >= 0.6 is 0 Å².